The smallest absolute Gasteiger partial charge is 0.339 e. The minimum Gasteiger partial charge on any atom is -0.484 e. The zero-order valence-corrected chi connectivity index (χ0v) is 16.7. The molecule has 0 spiro atoms. The van der Waals surface area contributed by atoms with Crippen molar-refractivity contribution in [1.82, 2.24) is 10.1 Å². The number of hydrogen-bond acceptors (Lipinski definition) is 7. The van der Waals surface area contributed by atoms with Gasteiger partial charge in [-0.1, -0.05) is 47.6 Å². The summed E-state index contributed by atoms with van der Waals surface area (Å²) in [6, 6.07) is 18.0. The fourth-order valence-corrected chi connectivity index (χ4v) is 3.12. The summed E-state index contributed by atoms with van der Waals surface area (Å²) in [7, 11) is 0. The van der Waals surface area contributed by atoms with E-state index in [2.05, 4.69) is 10.1 Å². The van der Waals surface area contributed by atoms with Crippen LogP contribution >= 0.6 is 0 Å². The van der Waals surface area contributed by atoms with Crippen LogP contribution in [0, 0.1) is 6.92 Å². The number of hydrogen-bond donors (Lipinski definition) is 1. The molecule has 31 heavy (non-hydrogen) atoms. The number of pyridine rings is 1. The van der Waals surface area contributed by atoms with Crippen molar-refractivity contribution < 1.29 is 23.6 Å². The molecule has 156 valence electrons. The molecule has 2 N–H and O–H groups in total. The summed E-state index contributed by atoms with van der Waals surface area (Å²) in [5.41, 5.74) is 8.36. The van der Waals surface area contributed by atoms with E-state index in [0.29, 0.717) is 33.7 Å². The summed E-state index contributed by atoms with van der Waals surface area (Å²) in [5, 5.41) is 4.46. The zero-order chi connectivity index (χ0) is 21.8. The van der Waals surface area contributed by atoms with Crippen LogP contribution < -0.4 is 10.5 Å². The highest BCUT2D eigenvalue weighted by atomic mass is 16.5. The normalized spacial score (nSPS) is 10.7. The molecule has 2 heterocycles. The van der Waals surface area contributed by atoms with Crippen molar-refractivity contribution in [3.63, 3.8) is 0 Å². The molecule has 0 bridgehead atoms. The van der Waals surface area contributed by atoms with Gasteiger partial charge in [-0.15, -0.1) is 0 Å². The Morgan fingerprint density at radius 1 is 1.06 bits per heavy atom. The van der Waals surface area contributed by atoms with Crippen LogP contribution in [0.5, 0.6) is 5.75 Å². The van der Waals surface area contributed by atoms with Crippen LogP contribution in [0.2, 0.25) is 0 Å². The molecule has 0 atom stereocenters. The highest BCUT2D eigenvalue weighted by molar-refractivity contribution is 6.04. The Hall–Kier alpha value is -4.20. The Morgan fingerprint density at radius 2 is 1.87 bits per heavy atom. The van der Waals surface area contributed by atoms with Gasteiger partial charge in [-0.3, -0.25) is 4.79 Å². The highest BCUT2D eigenvalue weighted by Gasteiger charge is 2.20. The number of aromatic nitrogens is 2. The standard InChI is InChI=1S/C23H19N3O5/c1-14-21-18(11-19(25-22(21)31-26-14)16-7-3-2-4-8-16)23(28)30-12-15-6-5-9-17(10-15)29-13-20(24)27/h2-11H,12-13H2,1H3,(H2,24,27). The van der Waals surface area contributed by atoms with E-state index in [0.717, 1.165) is 5.56 Å². The molecule has 8 nitrogen and oxygen atoms in total. The second-order valence-electron chi connectivity index (χ2n) is 6.85. The lowest BCUT2D eigenvalue weighted by Gasteiger charge is -2.09. The largest absolute Gasteiger partial charge is 0.484 e. The van der Waals surface area contributed by atoms with Crippen molar-refractivity contribution in [2.45, 2.75) is 13.5 Å². The Bertz CT molecular complexity index is 1250. The SMILES string of the molecule is Cc1noc2nc(-c3ccccc3)cc(C(=O)OCc3cccc(OCC(N)=O)c3)c12. The predicted molar refractivity (Wildman–Crippen MR) is 112 cm³/mol. The lowest BCUT2D eigenvalue weighted by Crippen LogP contribution is -2.20. The molecular formula is C23H19N3O5. The maximum atomic E-state index is 13.0. The van der Waals surface area contributed by atoms with Gasteiger partial charge in [-0.25, -0.2) is 9.78 Å². The number of benzene rings is 2. The quantitative estimate of drug-likeness (QED) is 0.458. The second-order valence-corrected chi connectivity index (χ2v) is 6.85. The monoisotopic (exact) mass is 417 g/mol. The van der Waals surface area contributed by atoms with E-state index in [-0.39, 0.29) is 18.9 Å². The molecule has 1 amide bonds. The third kappa shape index (κ3) is 4.53. The lowest BCUT2D eigenvalue weighted by molar-refractivity contribution is -0.119. The lowest BCUT2D eigenvalue weighted by atomic mass is 10.1. The van der Waals surface area contributed by atoms with Gasteiger partial charge >= 0.3 is 5.97 Å². The molecule has 0 radical (unpaired) electrons. The number of primary amides is 1. The minimum absolute atomic E-state index is 0.0153. The highest BCUT2D eigenvalue weighted by Crippen LogP contribution is 2.27. The number of carbonyl (C=O) groups excluding carboxylic acids is 2. The van der Waals surface area contributed by atoms with Crippen LogP contribution in [0.15, 0.2) is 65.2 Å². The molecule has 2 aromatic heterocycles. The number of aryl methyl sites for hydroxylation is 1. The minimum atomic E-state index is -0.572. The van der Waals surface area contributed by atoms with Crippen LogP contribution in [-0.4, -0.2) is 28.6 Å². The van der Waals surface area contributed by atoms with E-state index in [1.807, 2.05) is 30.3 Å². The van der Waals surface area contributed by atoms with E-state index < -0.39 is 11.9 Å². The second kappa shape index (κ2) is 8.66. The van der Waals surface area contributed by atoms with E-state index in [1.165, 1.54) is 0 Å². The number of carbonyl (C=O) groups is 2. The summed E-state index contributed by atoms with van der Waals surface area (Å²) in [5.74, 6) is -0.643. The zero-order valence-electron chi connectivity index (χ0n) is 16.7. The van der Waals surface area contributed by atoms with Gasteiger partial charge in [0.25, 0.3) is 11.6 Å². The first kappa shape index (κ1) is 20.1. The van der Waals surface area contributed by atoms with Crippen molar-refractivity contribution in [2.24, 2.45) is 5.73 Å². The van der Waals surface area contributed by atoms with Crippen molar-refractivity contribution in [2.75, 3.05) is 6.61 Å². The van der Waals surface area contributed by atoms with Crippen molar-refractivity contribution >= 4 is 23.0 Å². The Labute approximate surface area is 177 Å². The van der Waals surface area contributed by atoms with Gasteiger partial charge < -0.3 is 19.7 Å². The van der Waals surface area contributed by atoms with E-state index in [1.54, 1.807) is 37.3 Å². The molecule has 8 heteroatoms. The van der Waals surface area contributed by atoms with Crippen LogP contribution in [0.3, 0.4) is 0 Å². The number of amides is 1. The van der Waals surface area contributed by atoms with E-state index in [4.69, 9.17) is 19.7 Å². The third-order valence-electron chi connectivity index (χ3n) is 4.56. The maximum Gasteiger partial charge on any atom is 0.339 e. The van der Waals surface area contributed by atoms with Crippen molar-refractivity contribution in [1.29, 1.82) is 0 Å². The summed E-state index contributed by atoms with van der Waals surface area (Å²) in [6.07, 6.45) is 0. The van der Waals surface area contributed by atoms with E-state index in [9.17, 15) is 9.59 Å². The maximum absolute atomic E-state index is 13.0. The van der Waals surface area contributed by atoms with Gasteiger partial charge in [0.15, 0.2) is 6.61 Å². The fourth-order valence-electron chi connectivity index (χ4n) is 3.12. The van der Waals surface area contributed by atoms with Crippen LogP contribution in [-0.2, 0) is 16.1 Å². The third-order valence-corrected chi connectivity index (χ3v) is 4.56. The number of nitrogens with two attached hydrogens (primary N) is 1. The van der Waals surface area contributed by atoms with Crippen LogP contribution in [0.1, 0.15) is 21.6 Å². The molecule has 0 saturated heterocycles. The molecular weight excluding hydrogens is 398 g/mol. The average Bonchev–Trinajstić information content (AvgIpc) is 3.17. The number of nitrogens with zero attached hydrogens (tertiary/aromatic N) is 2. The summed E-state index contributed by atoms with van der Waals surface area (Å²) >= 11 is 0. The molecule has 0 fully saturated rings. The summed E-state index contributed by atoms with van der Waals surface area (Å²) in [4.78, 5) is 28.3. The Balaban J connectivity index is 1.58. The molecule has 0 aliphatic rings. The predicted octanol–water partition coefficient (Wildman–Crippen LogP) is 3.42. The van der Waals surface area contributed by atoms with E-state index >= 15 is 0 Å². The molecule has 0 unspecified atom stereocenters. The molecule has 0 aliphatic carbocycles. The number of esters is 1. The first-order valence-corrected chi connectivity index (χ1v) is 9.51. The molecule has 4 rings (SSSR count). The van der Waals surface area contributed by atoms with Gasteiger partial charge in [0.1, 0.15) is 12.4 Å². The average molecular weight is 417 g/mol. The number of rotatable bonds is 7. The topological polar surface area (TPSA) is 118 Å². The Kier molecular flexibility index (Phi) is 5.61. The van der Waals surface area contributed by atoms with Crippen LogP contribution in [0.25, 0.3) is 22.4 Å². The number of ether oxygens (including phenoxy) is 2. The van der Waals surface area contributed by atoms with Gasteiger partial charge in [-0.05, 0) is 30.7 Å². The summed E-state index contributed by atoms with van der Waals surface area (Å²) in [6.45, 7) is 1.53. The first-order valence-electron chi connectivity index (χ1n) is 9.51. The molecule has 0 saturated carbocycles. The van der Waals surface area contributed by atoms with Gasteiger partial charge in [0.05, 0.1) is 22.3 Å². The first-order chi connectivity index (χ1) is 15.0. The molecule has 0 aliphatic heterocycles. The van der Waals surface area contributed by atoms with Crippen molar-refractivity contribution in [3.05, 3.63) is 77.5 Å². The summed E-state index contributed by atoms with van der Waals surface area (Å²) < 4.78 is 16.1. The van der Waals surface area contributed by atoms with Crippen LogP contribution in [0.4, 0.5) is 0 Å². The molecule has 2 aromatic carbocycles. The molecule has 4 aromatic rings. The van der Waals surface area contributed by atoms with Crippen molar-refractivity contribution in [3.8, 4) is 17.0 Å². The van der Waals surface area contributed by atoms with Gasteiger partial charge in [-0.2, -0.15) is 0 Å². The fraction of sp³-hybridized carbons (Fsp3) is 0.130. The Morgan fingerprint density at radius 3 is 2.65 bits per heavy atom. The number of fused-ring (bicyclic) bond motifs is 1. The van der Waals surface area contributed by atoms with Gasteiger partial charge in [0, 0.05) is 5.56 Å². The van der Waals surface area contributed by atoms with Gasteiger partial charge in [0.2, 0.25) is 0 Å².